The molecule has 0 amide bonds. The van der Waals surface area contributed by atoms with Gasteiger partial charge in [0, 0.05) is 32.1 Å². The van der Waals surface area contributed by atoms with E-state index in [-0.39, 0.29) is 5.54 Å². The number of ether oxygens (including phenoxy) is 1. The fourth-order valence-electron chi connectivity index (χ4n) is 1.30. The minimum absolute atomic E-state index is 0.190. The van der Waals surface area contributed by atoms with E-state index in [1.807, 2.05) is 13.8 Å². The van der Waals surface area contributed by atoms with Gasteiger partial charge in [0.2, 0.25) is 5.89 Å². The number of nitrogens with two attached hydrogens (primary N) is 1. The van der Waals surface area contributed by atoms with Crippen LogP contribution < -0.4 is 5.73 Å². The Hall–Kier alpha value is -0.940. The van der Waals surface area contributed by atoms with Crippen LogP contribution in [0.5, 0.6) is 0 Å². The number of hydrogen-bond acceptors (Lipinski definition) is 5. The second-order valence-corrected chi connectivity index (χ2v) is 4.69. The van der Waals surface area contributed by atoms with Gasteiger partial charge in [-0.05, 0) is 26.7 Å². The number of methoxy groups -OCH3 is 1. The molecule has 0 radical (unpaired) electrons. The van der Waals surface area contributed by atoms with Crippen molar-refractivity contribution in [1.82, 2.24) is 10.1 Å². The lowest BCUT2D eigenvalue weighted by Gasteiger charge is -2.16. The van der Waals surface area contributed by atoms with Gasteiger partial charge < -0.3 is 15.0 Å². The van der Waals surface area contributed by atoms with E-state index in [1.165, 1.54) is 0 Å². The Bertz CT molecular complexity index is 304. The number of aromatic nitrogens is 2. The lowest BCUT2D eigenvalue weighted by Crippen LogP contribution is -2.32. The largest absolute Gasteiger partial charge is 0.385 e. The van der Waals surface area contributed by atoms with Crippen LogP contribution in [0.4, 0.5) is 0 Å². The molecule has 5 heteroatoms. The molecule has 0 aromatic carbocycles. The lowest BCUT2D eigenvalue weighted by atomic mass is 10.0. The first kappa shape index (κ1) is 13.1. The zero-order valence-corrected chi connectivity index (χ0v) is 10.3. The zero-order valence-electron chi connectivity index (χ0n) is 10.3. The first-order chi connectivity index (χ1) is 7.51. The first-order valence-electron chi connectivity index (χ1n) is 5.60. The Morgan fingerprint density at radius 2 is 2.12 bits per heavy atom. The summed E-state index contributed by atoms with van der Waals surface area (Å²) in [6.07, 6.45) is 3.29. The van der Waals surface area contributed by atoms with Crippen LogP contribution in [0.15, 0.2) is 4.52 Å². The molecule has 92 valence electrons. The van der Waals surface area contributed by atoms with Crippen molar-refractivity contribution in [1.29, 1.82) is 0 Å². The second-order valence-electron chi connectivity index (χ2n) is 4.69. The molecule has 0 bridgehead atoms. The minimum atomic E-state index is -0.190. The molecule has 1 aromatic rings. The van der Waals surface area contributed by atoms with Gasteiger partial charge in [-0.1, -0.05) is 5.16 Å². The summed E-state index contributed by atoms with van der Waals surface area (Å²) in [6, 6.07) is 0. The molecule has 1 heterocycles. The van der Waals surface area contributed by atoms with Crippen molar-refractivity contribution in [2.45, 2.75) is 45.1 Å². The summed E-state index contributed by atoms with van der Waals surface area (Å²) < 4.78 is 10.1. The number of rotatable bonds is 7. The summed E-state index contributed by atoms with van der Waals surface area (Å²) in [6.45, 7) is 4.70. The second kappa shape index (κ2) is 5.96. The molecule has 2 N–H and O–H groups in total. The normalized spacial score (nSPS) is 12.0. The molecule has 5 nitrogen and oxygen atoms in total. The molecule has 0 saturated heterocycles. The van der Waals surface area contributed by atoms with Crippen LogP contribution in [0.25, 0.3) is 0 Å². The molecule has 1 rings (SSSR count). The van der Waals surface area contributed by atoms with Crippen molar-refractivity contribution >= 4 is 0 Å². The molecule has 0 spiro atoms. The van der Waals surface area contributed by atoms with Crippen molar-refractivity contribution in [3.8, 4) is 0 Å². The highest BCUT2D eigenvalue weighted by atomic mass is 16.5. The van der Waals surface area contributed by atoms with Gasteiger partial charge in [0.05, 0.1) is 0 Å². The van der Waals surface area contributed by atoms with Crippen molar-refractivity contribution in [3.05, 3.63) is 11.7 Å². The molecule has 0 aliphatic heterocycles. The molecule has 0 saturated carbocycles. The Morgan fingerprint density at radius 3 is 2.75 bits per heavy atom. The van der Waals surface area contributed by atoms with Gasteiger partial charge in [-0.2, -0.15) is 4.98 Å². The van der Waals surface area contributed by atoms with Gasteiger partial charge in [-0.3, -0.25) is 0 Å². The zero-order chi connectivity index (χ0) is 12.0. The molecule has 1 aromatic heterocycles. The van der Waals surface area contributed by atoms with Crippen molar-refractivity contribution < 1.29 is 9.26 Å². The predicted molar refractivity (Wildman–Crippen MR) is 61.1 cm³/mol. The van der Waals surface area contributed by atoms with Crippen LogP contribution in [-0.4, -0.2) is 29.4 Å². The van der Waals surface area contributed by atoms with E-state index in [0.29, 0.717) is 5.89 Å². The summed E-state index contributed by atoms with van der Waals surface area (Å²) in [7, 11) is 1.69. The van der Waals surface area contributed by atoms with Gasteiger partial charge in [0.25, 0.3) is 0 Å². The van der Waals surface area contributed by atoms with Crippen LogP contribution in [0.1, 0.15) is 38.4 Å². The highest BCUT2D eigenvalue weighted by Crippen LogP contribution is 2.09. The number of aryl methyl sites for hydroxylation is 2. The van der Waals surface area contributed by atoms with Gasteiger partial charge in [-0.25, -0.2) is 0 Å². The van der Waals surface area contributed by atoms with Crippen LogP contribution >= 0.6 is 0 Å². The third-order valence-corrected chi connectivity index (χ3v) is 2.24. The van der Waals surface area contributed by atoms with Gasteiger partial charge in [-0.15, -0.1) is 0 Å². The van der Waals surface area contributed by atoms with Gasteiger partial charge in [0.15, 0.2) is 5.82 Å². The van der Waals surface area contributed by atoms with Crippen molar-refractivity contribution in [2.24, 2.45) is 5.73 Å². The van der Waals surface area contributed by atoms with Gasteiger partial charge in [0.1, 0.15) is 0 Å². The summed E-state index contributed by atoms with van der Waals surface area (Å²) >= 11 is 0. The van der Waals surface area contributed by atoms with E-state index in [1.54, 1.807) is 7.11 Å². The third-order valence-electron chi connectivity index (χ3n) is 2.24. The standard InChI is InChI=1S/C11H21N3O2/c1-11(2,12)7-6-10-13-9(14-16-10)5-4-8-15-3/h4-8,12H2,1-3H3. The molecular formula is C11H21N3O2. The highest BCUT2D eigenvalue weighted by Gasteiger charge is 2.13. The fraction of sp³-hybridized carbons (Fsp3) is 0.818. The van der Waals surface area contributed by atoms with Crippen LogP contribution in [0, 0.1) is 0 Å². The topological polar surface area (TPSA) is 74.2 Å². The molecule has 0 fully saturated rings. The highest BCUT2D eigenvalue weighted by molar-refractivity contribution is 4.88. The van der Waals surface area contributed by atoms with E-state index in [2.05, 4.69) is 10.1 Å². The van der Waals surface area contributed by atoms with E-state index in [9.17, 15) is 0 Å². The molecule has 0 aliphatic rings. The maximum Gasteiger partial charge on any atom is 0.226 e. The fourth-order valence-corrected chi connectivity index (χ4v) is 1.30. The Morgan fingerprint density at radius 1 is 1.38 bits per heavy atom. The Kier molecular flexibility index (Phi) is 4.89. The quantitative estimate of drug-likeness (QED) is 0.711. The Labute approximate surface area is 96.4 Å². The van der Waals surface area contributed by atoms with Crippen LogP contribution in [0.3, 0.4) is 0 Å². The maximum atomic E-state index is 5.88. The average Bonchev–Trinajstić information content (AvgIpc) is 2.62. The van der Waals surface area contributed by atoms with E-state index >= 15 is 0 Å². The predicted octanol–water partition coefficient (Wildman–Crippen LogP) is 1.32. The van der Waals surface area contributed by atoms with Crippen LogP contribution in [0.2, 0.25) is 0 Å². The minimum Gasteiger partial charge on any atom is -0.385 e. The number of hydrogen-bond donors (Lipinski definition) is 1. The lowest BCUT2D eigenvalue weighted by molar-refractivity contribution is 0.194. The summed E-state index contributed by atoms with van der Waals surface area (Å²) in [4.78, 5) is 4.30. The summed E-state index contributed by atoms with van der Waals surface area (Å²) in [5, 5.41) is 3.91. The molecule has 16 heavy (non-hydrogen) atoms. The first-order valence-corrected chi connectivity index (χ1v) is 5.60. The van der Waals surface area contributed by atoms with E-state index in [0.717, 1.165) is 38.1 Å². The number of nitrogens with zero attached hydrogens (tertiary/aromatic N) is 2. The van der Waals surface area contributed by atoms with Gasteiger partial charge >= 0.3 is 0 Å². The summed E-state index contributed by atoms with van der Waals surface area (Å²) in [5.41, 5.74) is 5.69. The van der Waals surface area contributed by atoms with Crippen molar-refractivity contribution in [2.75, 3.05) is 13.7 Å². The van der Waals surface area contributed by atoms with Crippen molar-refractivity contribution in [3.63, 3.8) is 0 Å². The Balaban J connectivity index is 2.33. The molecular weight excluding hydrogens is 206 g/mol. The summed E-state index contributed by atoms with van der Waals surface area (Å²) in [5.74, 6) is 1.42. The molecule has 0 aliphatic carbocycles. The van der Waals surface area contributed by atoms with Crippen LogP contribution in [-0.2, 0) is 17.6 Å². The SMILES string of the molecule is COCCCc1noc(CCC(C)(C)N)n1. The van der Waals surface area contributed by atoms with E-state index in [4.69, 9.17) is 15.0 Å². The van der Waals surface area contributed by atoms with E-state index < -0.39 is 0 Å². The molecule has 0 unspecified atom stereocenters. The third kappa shape index (κ3) is 5.23. The smallest absolute Gasteiger partial charge is 0.226 e. The monoisotopic (exact) mass is 227 g/mol. The maximum absolute atomic E-state index is 5.88. The average molecular weight is 227 g/mol. The molecule has 0 atom stereocenters.